The third-order valence-corrected chi connectivity index (χ3v) is 5.95. The van der Waals surface area contributed by atoms with Crippen molar-refractivity contribution in [3.63, 3.8) is 0 Å². The molecule has 0 radical (unpaired) electrons. The van der Waals surface area contributed by atoms with E-state index < -0.39 is 0 Å². The van der Waals surface area contributed by atoms with Crippen LogP contribution < -0.4 is 11.1 Å². The van der Waals surface area contributed by atoms with Crippen molar-refractivity contribution in [1.29, 1.82) is 0 Å². The molecule has 1 aliphatic carbocycles. The summed E-state index contributed by atoms with van der Waals surface area (Å²) in [6.07, 6.45) is 5.35. The molecule has 1 aromatic heterocycles. The predicted molar refractivity (Wildman–Crippen MR) is 82.3 cm³/mol. The summed E-state index contributed by atoms with van der Waals surface area (Å²) in [6, 6.07) is 0.376. The summed E-state index contributed by atoms with van der Waals surface area (Å²) in [5.74, 6) is 1.34. The van der Waals surface area contributed by atoms with Crippen molar-refractivity contribution in [3.8, 4) is 0 Å². The summed E-state index contributed by atoms with van der Waals surface area (Å²) in [4.78, 5) is 4.31. The maximum absolute atomic E-state index is 6.21. The molecule has 1 saturated carbocycles. The van der Waals surface area contributed by atoms with Gasteiger partial charge in [-0.1, -0.05) is 20.8 Å². The monoisotopic (exact) mass is 281 g/mol. The van der Waals surface area contributed by atoms with Gasteiger partial charge in [-0.25, -0.2) is 4.98 Å². The molecule has 1 fully saturated rings. The lowest BCUT2D eigenvalue weighted by molar-refractivity contribution is 0.0542. The summed E-state index contributed by atoms with van der Waals surface area (Å²) in [5.41, 5.74) is 6.55. The molecule has 0 spiro atoms. The van der Waals surface area contributed by atoms with Gasteiger partial charge in [0.15, 0.2) is 0 Å². The Morgan fingerprint density at radius 2 is 2.26 bits per heavy atom. The van der Waals surface area contributed by atoms with Gasteiger partial charge in [-0.3, -0.25) is 0 Å². The first kappa shape index (κ1) is 14.9. The standard InChI is InChI=1S/C15H27N3S/c1-11-13(16)5-4-12(15(11,2)3)10-17-7-6-14-18-8-9-19-14/h8-9,11-13,17H,4-7,10,16H2,1-3H3. The Morgan fingerprint density at radius 1 is 1.47 bits per heavy atom. The van der Waals surface area contributed by atoms with Gasteiger partial charge < -0.3 is 11.1 Å². The Labute approximate surface area is 121 Å². The highest BCUT2D eigenvalue weighted by molar-refractivity contribution is 7.09. The van der Waals surface area contributed by atoms with Crippen LogP contribution >= 0.6 is 11.3 Å². The number of nitrogens with two attached hydrogens (primary N) is 1. The van der Waals surface area contributed by atoms with Crippen LogP contribution in [0.3, 0.4) is 0 Å². The van der Waals surface area contributed by atoms with E-state index in [1.165, 1.54) is 17.8 Å². The van der Waals surface area contributed by atoms with Gasteiger partial charge in [0.1, 0.15) is 0 Å². The molecule has 1 aliphatic rings. The fourth-order valence-corrected chi connectivity index (χ4v) is 3.77. The molecular weight excluding hydrogens is 254 g/mol. The zero-order chi connectivity index (χ0) is 13.9. The molecule has 2 rings (SSSR count). The minimum Gasteiger partial charge on any atom is -0.327 e. The van der Waals surface area contributed by atoms with Crippen molar-refractivity contribution in [2.45, 2.75) is 46.1 Å². The van der Waals surface area contributed by atoms with Gasteiger partial charge in [0.2, 0.25) is 0 Å². The van der Waals surface area contributed by atoms with E-state index >= 15 is 0 Å². The number of thiazole rings is 1. The topological polar surface area (TPSA) is 50.9 Å². The Kier molecular flexibility index (Phi) is 4.98. The van der Waals surface area contributed by atoms with E-state index in [4.69, 9.17) is 5.73 Å². The summed E-state index contributed by atoms with van der Waals surface area (Å²) in [5, 5.41) is 6.88. The lowest BCUT2D eigenvalue weighted by Gasteiger charge is -2.47. The maximum atomic E-state index is 6.21. The van der Waals surface area contributed by atoms with Crippen molar-refractivity contribution in [1.82, 2.24) is 10.3 Å². The van der Waals surface area contributed by atoms with Crippen molar-refractivity contribution in [3.05, 3.63) is 16.6 Å². The quantitative estimate of drug-likeness (QED) is 0.816. The number of hydrogen-bond acceptors (Lipinski definition) is 4. The van der Waals surface area contributed by atoms with E-state index in [2.05, 4.69) is 31.1 Å². The van der Waals surface area contributed by atoms with Crippen molar-refractivity contribution >= 4 is 11.3 Å². The van der Waals surface area contributed by atoms with Crippen LogP contribution in [0.2, 0.25) is 0 Å². The normalized spacial score (nSPS) is 30.4. The second kappa shape index (κ2) is 6.33. The van der Waals surface area contributed by atoms with Crippen LogP contribution in [0.4, 0.5) is 0 Å². The van der Waals surface area contributed by atoms with Gasteiger partial charge in [0.05, 0.1) is 5.01 Å². The second-order valence-electron chi connectivity index (χ2n) is 6.43. The van der Waals surface area contributed by atoms with Gasteiger partial charge >= 0.3 is 0 Å². The summed E-state index contributed by atoms with van der Waals surface area (Å²) < 4.78 is 0. The van der Waals surface area contributed by atoms with Crippen LogP contribution in [0.1, 0.15) is 38.6 Å². The van der Waals surface area contributed by atoms with Crippen LogP contribution in [0.5, 0.6) is 0 Å². The molecule has 3 atom stereocenters. The minimum atomic E-state index is 0.339. The minimum absolute atomic E-state index is 0.339. The van der Waals surface area contributed by atoms with Crippen LogP contribution in [-0.2, 0) is 6.42 Å². The summed E-state index contributed by atoms with van der Waals surface area (Å²) in [7, 11) is 0. The summed E-state index contributed by atoms with van der Waals surface area (Å²) >= 11 is 1.74. The highest BCUT2D eigenvalue weighted by Gasteiger charge is 2.40. The highest BCUT2D eigenvalue weighted by Crippen LogP contribution is 2.43. The van der Waals surface area contributed by atoms with E-state index in [-0.39, 0.29) is 0 Å². The molecule has 0 aliphatic heterocycles. The molecule has 0 amide bonds. The fourth-order valence-electron chi connectivity index (χ4n) is 3.15. The lowest BCUT2D eigenvalue weighted by atomic mass is 9.61. The third-order valence-electron chi connectivity index (χ3n) is 5.11. The Hall–Kier alpha value is -0.450. The average molecular weight is 281 g/mol. The summed E-state index contributed by atoms with van der Waals surface area (Å²) in [6.45, 7) is 9.20. The van der Waals surface area contributed by atoms with Crippen LogP contribution in [0, 0.1) is 17.3 Å². The molecule has 108 valence electrons. The molecule has 1 heterocycles. The van der Waals surface area contributed by atoms with Gasteiger partial charge in [-0.15, -0.1) is 11.3 Å². The molecule has 0 saturated heterocycles. The smallest absolute Gasteiger partial charge is 0.0937 e. The van der Waals surface area contributed by atoms with Crippen LogP contribution in [0.15, 0.2) is 11.6 Å². The first-order valence-corrected chi connectivity index (χ1v) is 8.24. The average Bonchev–Trinajstić information content (AvgIpc) is 2.87. The highest BCUT2D eigenvalue weighted by atomic mass is 32.1. The van der Waals surface area contributed by atoms with E-state index in [9.17, 15) is 0 Å². The number of hydrogen-bond donors (Lipinski definition) is 2. The Morgan fingerprint density at radius 3 is 2.95 bits per heavy atom. The van der Waals surface area contributed by atoms with Crippen molar-refractivity contribution in [2.75, 3.05) is 13.1 Å². The van der Waals surface area contributed by atoms with E-state index in [0.29, 0.717) is 17.4 Å². The maximum Gasteiger partial charge on any atom is 0.0937 e. The fraction of sp³-hybridized carbons (Fsp3) is 0.800. The largest absolute Gasteiger partial charge is 0.327 e. The van der Waals surface area contributed by atoms with Crippen molar-refractivity contribution < 1.29 is 0 Å². The SMILES string of the molecule is CC1C(N)CCC(CNCCc2nccs2)C1(C)C. The van der Waals surface area contributed by atoms with Crippen LogP contribution in [0.25, 0.3) is 0 Å². The van der Waals surface area contributed by atoms with Gasteiger partial charge in [-0.05, 0) is 36.6 Å². The van der Waals surface area contributed by atoms with Gasteiger partial charge in [-0.2, -0.15) is 0 Å². The van der Waals surface area contributed by atoms with E-state index in [0.717, 1.165) is 25.4 Å². The number of aromatic nitrogens is 1. The molecule has 19 heavy (non-hydrogen) atoms. The molecule has 4 heteroatoms. The lowest BCUT2D eigenvalue weighted by Crippen LogP contribution is -2.49. The molecule has 0 bridgehead atoms. The zero-order valence-electron chi connectivity index (χ0n) is 12.4. The molecule has 1 aromatic rings. The molecule has 3 nitrogen and oxygen atoms in total. The second-order valence-corrected chi connectivity index (χ2v) is 7.41. The van der Waals surface area contributed by atoms with Gasteiger partial charge in [0.25, 0.3) is 0 Å². The third kappa shape index (κ3) is 3.56. The zero-order valence-corrected chi connectivity index (χ0v) is 13.2. The number of rotatable bonds is 5. The molecular formula is C15H27N3S. The van der Waals surface area contributed by atoms with E-state index in [1.54, 1.807) is 11.3 Å². The van der Waals surface area contributed by atoms with Crippen molar-refractivity contribution in [2.24, 2.45) is 23.0 Å². The first-order chi connectivity index (χ1) is 9.01. The van der Waals surface area contributed by atoms with E-state index in [1.807, 2.05) is 11.6 Å². The predicted octanol–water partition coefficient (Wildman–Crippen LogP) is 2.67. The Bertz CT molecular complexity index is 375. The molecule has 3 N–H and O–H groups in total. The number of nitrogens with one attached hydrogen (secondary N) is 1. The first-order valence-electron chi connectivity index (χ1n) is 7.36. The van der Waals surface area contributed by atoms with Gasteiger partial charge in [0, 0.05) is 30.6 Å². The molecule has 0 aromatic carbocycles. The Balaban J connectivity index is 1.76. The number of nitrogens with zero attached hydrogens (tertiary/aromatic N) is 1. The van der Waals surface area contributed by atoms with Crippen LogP contribution in [-0.4, -0.2) is 24.1 Å². The molecule has 3 unspecified atom stereocenters.